The van der Waals surface area contributed by atoms with E-state index in [1.807, 2.05) is 4.90 Å². The van der Waals surface area contributed by atoms with Gasteiger partial charge in [-0.25, -0.2) is 0 Å². The number of carbonyl (C=O) groups is 2. The van der Waals surface area contributed by atoms with Gasteiger partial charge in [-0.1, -0.05) is 12.1 Å². The van der Waals surface area contributed by atoms with Crippen LogP contribution in [-0.2, 0) is 9.59 Å². The first-order valence-electron chi connectivity index (χ1n) is 10.0. The van der Waals surface area contributed by atoms with Gasteiger partial charge in [0.2, 0.25) is 11.8 Å². The molecule has 2 saturated heterocycles. The Hall–Kier alpha value is -2.04. The Bertz CT molecular complexity index is 678. The van der Waals surface area contributed by atoms with Gasteiger partial charge in [-0.3, -0.25) is 9.59 Å². The number of nitrogens with zero attached hydrogens (tertiary/aromatic N) is 2. The van der Waals surface area contributed by atoms with Crippen LogP contribution in [0.2, 0.25) is 0 Å². The first-order chi connectivity index (χ1) is 12.6. The Kier molecular flexibility index (Phi) is 4.88. The zero-order valence-corrected chi connectivity index (χ0v) is 15.6. The Morgan fingerprint density at radius 1 is 1.12 bits per heavy atom. The number of aryl methyl sites for hydroxylation is 1. The van der Waals surface area contributed by atoms with Crippen LogP contribution in [-0.4, -0.2) is 48.4 Å². The lowest BCUT2D eigenvalue weighted by Crippen LogP contribution is -2.50. The normalized spacial score (nSPS) is 24.7. The molecule has 0 spiro atoms. The van der Waals surface area contributed by atoms with Crippen molar-refractivity contribution in [1.29, 1.82) is 0 Å². The molecule has 1 atom stereocenters. The summed E-state index contributed by atoms with van der Waals surface area (Å²) in [7, 11) is 0. The predicted molar refractivity (Wildman–Crippen MR) is 102 cm³/mol. The van der Waals surface area contributed by atoms with Crippen molar-refractivity contribution < 1.29 is 9.59 Å². The van der Waals surface area contributed by atoms with Crippen LogP contribution in [0.1, 0.15) is 44.1 Å². The van der Waals surface area contributed by atoms with E-state index in [1.165, 1.54) is 11.3 Å². The first-order valence-corrected chi connectivity index (χ1v) is 10.0. The van der Waals surface area contributed by atoms with Crippen LogP contribution in [0.4, 0.5) is 5.69 Å². The standard InChI is InChI=1S/C21H29N3O2/c1-15-3-2-4-19(13-15)23-11-9-17(10-12-23)22-21(26)16-5-8-20(25)24(14-16)18-6-7-18/h2-4,13,16-18H,5-12,14H2,1H3,(H,22,26). The quantitative estimate of drug-likeness (QED) is 0.903. The number of piperidine rings is 2. The molecule has 140 valence electrons. The molecule has 5 heteroatoms. The lowest BCUT2D eigenvalue weighted by atomic mass is 9.95. The zero-order valence-electron chi connectivity index (χ0n) is 15.6. The van der Waals surface area contributed by atoms with Crippen LogP contribution >= 0.6 is 0 Å². The molecule has 1 aliphatic carbocycles. The third kappa shape index (κ3) is 3.87. The van der Waals surface area contributed by atoms with Gasteiger partial charge in [0.1, 0.15) is 0 Å². The number of hydrogen-bond acceptors (Lipinski definition) is 3. The summed E-state index contributed by atoms with van der Waals surface area (Å²) in [6.07, 6.45) is 5.42. The van der Waals surface area contributed by atoms with Crippen molar-refractivity contribution in [3.63, 3.8) is 0 Å². The van der Waals surface area contributed by atoms with Crippen molar-refractivity contribution in [1.82, 2.24) is 10.2 Å². The number of nitrogens with one attached hydrogen (secondary N) is 1. The molecule has 1 saturated carbocycles. The van der Waals surface area contributed by atoms with E-state index in [1.54, 1.807) is 0 Å². The number of amides is 2. The van der Waals surface area contributed by atoms with Crippen molar-refractivity contribution >= 4 is 17.5 Å². The average molecular weight is 355 g/mol. The van der Waals surface area contributed by atoms with Crippen molar-refractivity contribution in [2.45, 2.75) is 57.5 Å². The van der Waals surface area contributed by atoms with E-state index in [4.69, 9.17) is 0 Å². The second kappa shape index (κ2) is 7.29. The smallest absolute Gasteiger partial charge is 0.225 e. The predicted octanol–water partition coefficient (Wildman–Crippen LogP) is 2.48. The highest BCUT2D eigenvalue weighted by Crippen LogP contribution is 2.32. The Balaban J connectivity index is 1.27. The molecule has 4 rings (SSSR count). The monoisotopic (exact) mass is 355 g/mol. The molecule has 0 aromatic heterocycles. The Morgan fingerprint density at radius 2 is 1.88 bits per heavy atom. The maximum absolute atomic E-state index is 12.7. The van der Waals surface area contributed by atoms with E-state index in [9.17, 15) is 9.59 Å². The lowest BCUT2D eigenvalue weighted by Gasteiger charge is -2.36. The second-order valence-electron chi connectivity index (χ2n) is 8.12. The number of hydrogen-bond donors (Lipinski definition) is 1. The third-order valence-corrected chi connectivity index (χ3v) is 6.01. The molecule has 1 unspecified atom stereocenters. The molecule has 1 aromatic carbocycles. The maximum Gasteiger partial charge on any atom is 0.225 e. The summed E-state index contributed by atoms with van der Waals surface area (Å²) in [5.74, 6) is 0.364. The molecule has 3 aliphatic rings. The number of likely N-dealkylation sites (tertiary alicyclic amines) is 1. The summed E-state index contributed by atoms with van der Waals surface area (Å²) >= 11 is 0. The maximum atomic E-state index is 12.7. The minimum Gasteiger partial charge on any atom is -0.371 e. The van der Waals surface area contributed by atoms with E-state index < -0.39 is 0 Å². The topological polar surface area (TPSA) is 52.7 Å². The van der Waals surface area contributed by atoms with E-state index in [2.05, 4.69) is 41.4 Å². The SMILES string of the molecule is Cc1cccc(N2CCC(NC(=O)C3CCC(=O)N(C4CC4)C3)CC2)c1. The van der Waals surface area contributed by atoms with Crippen molar-refractivity contribution in [2.24, 2.45) is 5.92 Å². The molecule has 2 heterocycles. The Morgan fingerprint density at radius 3 is 2.58 bits per heavy atom. The first kappa shape index (κ1) is 17.4. The summed E-state index contributed by atoms with van der Waals surface area (Å²) in [5, 5.41) is 3.26. The highest BCUT2D eigenvalue weighted by Gasteiger charge is 2.39. The number of benzene rings is 1. The molecule has 5 nitrogen and oxygen atoms in total. The van der Waals surface area contributed by atoms with Gasteiger partial charge >= 0.3 is 0 Å². The van der Waals surface area contributed by atoms with E-state index in [-0.39, 0.29) is 23.8 Å². The van der Waals surface area contributed by atoms with Gasteiger partial charge < -0.3 is 15.1 Å². The molecule has 0 radical (unpaired) electrons. The van der Waals surface area contributed by atoms with Crippen molar-refractivity contribution in [2.75, 3.05) is 24.5 Å². The minimum absolute atomic E-state index is 0.0249. The molecule has 1 N–H and O–H groups in total. The fourth-order valence-corrected chi connectivity index (χ4v) is 4.25. The van der Waals surface area contributed by atoms with Gasteiger partial charge in [0.05, 0.1) is 5.92 Å². The van der Waals surface area contributed by atoms with Crippen LogP contribution in [0.15, 0.2) is 24.3 Å². The molecule has 2 aliphatic heterocycles. The fraction of sp³-hybridized carbons (Fsp3) is 0.619. The highest BCUT2D eigenvalue weighted by molar-refractivity contribution is 5.84. The molecular weight excluding hydrogens is 326 g/mol. The summed E-state index contributed by atoms with van der Waals surface area (Å²) in [6.45, 7) is 4.70. The number of carbonyl (C=O) groups excluding carboxylic acids is 2. The molecule has 3 fully saturated rings. The van der Waals surface area contributed by atoms with E-state index in [0.717, 1.165) is 38.8 Å². The summed E-state index contributed by atoms with van der Waals surface area (Å²) in [6, 6.07) is 9.29. The van der Waals surface area contributed by atoms with Gasteiger partial charge in [-0.15, -0.1) is 0 Å². The summed E-state index contributed by atoms with van der Waals surface area (Å²) in [4.78, 5) is 29.1. The lowest BCUT2D eigenvalue weighted by molar-refractivity contribution is -0.139. The number of anilines is 1. The van der Waals surface area contributed by atoms with Crippen LogP contribution in [0, 0.1) is 12.8 Å². The molecular formula is C21H29N3O2. The van der Waals surface area contributed by atoms with Crippen LogP contribution in [0.25, 0.3) is 0 Å². The molecule has 0 bridgehead atoms. The Labute approximate surface area is 155 Å². The largest absolute Gasteiger partial charge is 0.371 e. The van der Waals surface area contributed by atoms with E-state index >= 15 is 0 Å². The zero-order chi connectivity index (χ0) is 18.1. The van der Waals surface area contributed by atoms with Gasteiger partial charge in [0.25, 0.3) is 0 Å². The molecule has 1 aromatic rings. The fourth-order valence-electron chi connectivity index (χ4n) is 4.25. The molecule has 2 amide bonds. The second-order valence-corrected chi connectivity index (χ2v) is 8.12. The van der Waals surface area contributed by atoms with Crippen LogP contribution in [0.5, 0.6) is 0 Å². The van der Waals surface area contributed by atoms with Crippen LogP contribution < -0.4 is 10.2 Å². The van der Waals surface area contributed by atoms with Gasteiger partial charge in [-0.2, -0.15) is 0 Å². The highest BCUT2D eigenvalue weighted by atomic mass is 16.2. The van der Waals surface area contributed by atoms with E-state index in [0.29, 0.717) is 25.4 Å². The third-order valence-electron chi connectivity index (χ3n) is 6.01. The van der Waals surface area contributed by atoms with Crippen molar-refractivity contribution in [3.8, 4) is 0 Å². The van der Waals surface area contributed by atoms with Gasteiger partial charge in [0.15, 0.2) is 0 Å². The average Bonchev–Trinajstić information content (AvgIpc) is 3.48. The van der Waals surface area contributed by atoms with Gasteiger partial charge in [-0.05, 0) is 56.7 Å². The van der Waals surface area contributed by atoms with Crippen molar-refractivity contribution in [3.05, 3.63) is 29.8 Å². The number of rotatable bonds is 4. The summed E-state index contributed by atoms with van der Waals surface area (Å²) < 4.78 is 0. The van der Waals surface area contributed by atoms with Crippen LogP contribution in [0.3, 0.4) is 0 Å². The summed E-state index contributed by atoms with van der Waals surface area (Å²) in [5.41, 5.74) is 2.56. The van der Waals surface area contributed by atoms with Gasteiger partial charge in [0, 0.05) is 43.8 Å². The molecule has 26 heavy (non-hydrogen) atoms. The minimum atomic E-state index is -0.0249.